The van der Waals surface area contributed by atoms with Crippen LogP contribution in [0.3, 0.4) is 0 Å². The minimum atomic E-state index is -0.791. The number of aryl methyl sites for hydroxylation is 1. The van der Waals surface area contributed by atoms with Gasteiger partial charge >= 0.3 is 6.03 Å². The number of primary amides is 1. The highest BCUT2D eigenvalue weighted by Gasteiger charge is 2.16. The molecule has 2 aromatic rings. The number of azo groups is 1. The number of fused-ring (bicyclic) bond motifs is 1. The summed E-state index contributed by atoms with van der Waals surface area (Å²) in [5.41, 5.74) is 7.79. The number of rotatable bonds is 2. The lowest BCUT2D eigenvalue weighted by molar-refractivity contribution is 0.123. The van der Waals surface area contributed by atoms with Crippen molar-refractivity contribution < 1.29 is 9.53 Å². The molecule has 0 atom stereocenters. The third-order valence-electron chi connectivity index (χ3n) is 3.87. The summed E-state index contributed by atoms with van der Waals surface area (Å²) in [5, 5.41) is 9.74. The molecule has 6 nitrogen and oxygen atoms in total. The number of hydrogen-bond acceptors (Lipinski definition) is 4. The van der Waals surface area contributed by atoms with Crippen molar-refractivity contribution >= 4 is 28.2 Å². The molecule has 1 aliphatic heterocycles. The van der Waals surface area contributed by atoms with Crippen molar-refractivity contribution in [1.29, 1.82) is 0 Å². The van der Waals surface area contributed by atoms with Crippen molar-refractivity contribution in [2.24, 2.45) is 16.0 Å². The van der Waals surface area contributed by atoms with E-state index in [1.54, 1.807) is 0 Å². The second-order valence-corrected chi connectivity index (χ2v) is 5.22. The van der Waals surface area contributed by atoms with Crippen LogP contribution in [0.15, 0.2) is 40.6 Å². The maximum atomic E-state index is 10.9. The first-order valence-electron chi connectivity index (χ1n) is 7.23. The second kappa shape index (κ2) is 6.11. The first-order valence-corrected chi connectivity index (χ1v) is 7.23. The van der Waals surface area contributed by atoms with Crippen LogP contribution >= 0.6 is 0 Å². The lowest BCUT2D eigenvalue weighted by Crippen LogP contribution is -2.36. The van der Waals surface area contributed by atoms with Crippen molar-refractivity contribution in [2.45, 2.75) is 6.92 Å². The van der Waals surface area contributed by atoms with Crippen LogP contribution in [0.25, 0.3) is 10.8 Å². The average molecular weight is 298 g/mol. The van der Waals surface area contributed by atoms with E-state index in [0.717, 1.165) is 29.7 Å². The van der Waals surface area contributed by atoms with Gasteiger partial charge in [0.2, 0.25) is 0 Å². The molecule has 0 bridgehead atoms. The summed E-state index contributed by atoms with van der Waals surface area (Å²) in [6.07, 6.45) is 0. The van der Waals surface area contributed by atoms with Gasteiger partial charge in [-0.2, -0.15) is 0 Å². The predicted molar refractivity (Wildman–Crippen MR) is 85.8 cm³/mol. The van der Waals surface area contributed by atoms with Gasteiger partial charge < -0.3 is 15.4 Å². The van der Waals surface area contributed by atoms with Gasteiger partial charge in [-0.05, 0) is 23.9 Å². The molecule has 1 heterocycles. The molecule has 0 aromatic heterocycles. The van der Waals surface area contributed by atoms with E-state index in [4.69, 9.17) is 10.5 Å². The number of ether oxygens (including phenoxy) is 1. The summed E-state index contributed by atoms with van der Waals surface area (Å²) in [6, 6.07) is 9.35. The fourth-order valence-electron chi connectivity index (χ4n) is 2.76. The first kappa shape index (κ1) is 14.5. The average Bonchev–Trinajstić information content (AvgIpc) is 2.55. The Hall–Kier alpha value is -2.47. The molecule has 3 rings (SSSR count). The maximum absolute atomic E-state index is 10.9. The Bertz CT molecular complexity index is 736. The lowest BCUT2D eigenvalue weighted by Gasteiger charge is -2.30. The Kier molecular flexibility index (Phi) is 4.02. The number of carbonyl (C=O) groups is 1. The fourth-order valence-corrected chi connectivity index (χ4v) is 2.76. The van der Waals surface area contributed by atoms with Crippen molar-refractivity contribution in [1.82, 2.24) is 0 Å². The van der Waals surface area contributed by atoms with Crippen molar-refractivity contribution in [3.05, 3.63) is 35.9 Å². The molecule has 2 N–H and O–H groups in total. The molecule has 2 amide bonds. The molecule has 1 aliphatic rings. The predicted octanol–water partition coefficient (Wildman–Crippen LogP) is 3.15. The monoisotopic (exact) mass is 298 g/mol. The van der Waals surface area contributed by atoms with Crippen LogP contribution in [0, 0.1) is 6.92 Å². The number of amides is 2. The topological polar surface area (TPSA) is 80.3 Å². The SMILES string of the molecule is Cc1c(/N=N/C(N)=O)cc(N2CCOCC2)c2ccccc12. The van der Waals surface area contributed by atoms with Gasteiger partial charge in [0.15, 0.2) is 0 Å². The molecule has 0 aliphatic carbocycles. The van der Waals surface area contributed by atoms with E-state index < -0.39 is 6.03 Å². The van der Waals surface area contributed by atoms with Gasteiger partial charge in [0, 0.05) is 24.2 Å². The van der Waals surface area contributed by atoms with Gasteiger partial charge in [0.05, 0.1) is 18.9 Å². The van der Waals surface area contributed by atoms with Crippen molar-refractivity contribution in [3.8, 4) is 0 Å². The van der Waals surface area contributed by atoms with E-state index in [-0.39, 0.29) is 0 Å². The Labute approximate surface area is 128 Å². The highest BCUT2D eigenvalue weighted by atomic mass is 16.5. The van der Waals surface area contributed by atoms with E-state index in [2.05, 4.69) is 27.3 Å². The third-order valence-corrected chi connectivity index (χ3v) is 3.87. The Morgan fingerprint density at radius 2 is 1.91 bits per heavy atom. The smallest absolute Gasteiger partial charge is 0.356 e. The first-order chi connectivity index (χ1) is 10.7. The van der Waals surface area contributed by atoms with Crippen LogP contribution in [-0.4, -0.2) is 32.3 Å². The summed E-state index contributed by atoms with van der Waals surface area (Å²) in [4.78, 5) is 13.1. The zero-order valence-electron chi connectivity index (χ0n) is 12.5. The van der Waals surface area contributed by atoms with E-state index in [9.17, 15) is 4.79 Å². The molecule has 0 radical (unpaired) electrons. The summed E-state index contributed by atoms with van der Waals surface area (Å²) in [6.45, 7) is 5.06. The Balaban J connectivity index is 2.16. The molecule has 22 heavy (non-hydrogen) atoms. The van der Waals surface area contributed by atoms with E-state index in [1.165, 1.54) is 5.39 Å². The van der Waals surface area contributed by atoms with Gasteiger partial charge in [0.25, 0.3) is 0 Å². The minimum absolute atomic E-state index is 0.666. The molecule has 114 valence electrons. The number of anilines is 1. The second-order valence-electron chi connectivity index (χ2n) is 5.22. The number of nitrogens with two attached hydrogens (primary N) is 1. The van der Waals surface area contributed by atoms with Gasteiger partial charge in [-0.3, -0.25) is 0 Å². The zero-order valence-corrected chi connectivity index (χ0v) is 12.5. The molecule has 0 unspecified atom stereocenters. The quantitative estimate of drug-likeness (QED) is 0.865. The van der Waals surface area contributed by atoms with Crippen molar-refractivity contribution in [2.75, 3.05) is 31.2 Å². The van der Waals surface area contributed by atoms with Crippen LogP contribution in [0.1, 0.15) is 5.56 Å². The van der Waals surface area contributed by atoms with Crippen LogP contribution in [-0.2, 0) is 4.74 Å². The number of benzene rings is 2. The van der Waals surface area contributed by atoms with Gasteiger partial charge in [-0.15, -0.1) is 5.11 Å². The Morgan fingerprint density at radius 1 is 1.23 bits per heavy atom. The summed E-state index contributed by atoms with van der Waals surface area (Å²) in [5.74, 6) is 0. The van der Waals surface area contributed by atoms with Crippen molar-refractivity contribution in [3.63, 3.8) is 0 Å². The molecule has 2 aromatic carbocycles. The molecule has 0 saturated carbocycles. The number of urea groups is 1. The van der Waals surface area contributed by atoms with Crippen LogP contribution in [0.5, 0.6) is 0 Å². The highest BCUT2D eigenvalue weighted by molar-refractivity contribution is 5.99. The van der Waals surface area contributed by atoms with E-state index >= 15 is 0 Å². The molecule has 1 fully saturated rings. The number of hydrogen-bond donors (Lipinski definition) is 1. The van der Waals surface area contributed by atoms with Gasteiger partial charge in [-0.1, -0.05) is 29.4 Å². The molecule has 1 saturated heterocycles. The van der Waals surface area contributed by atoms with Crippen LogP contribution in [0.4, 0.5) is 16.2 Å². The minimum Gasteiger partial charge on any atom is -0.378 e. The van der Waals surface area contributed by atoms with Gasteiger partial charge in [0.1, 0.15) is 0 Å². The zero-order chi connectivity index (χ0) is 15.5. The van der Waals surface area contributed by atoms with Crippen LogP contribution < -0.4 is 10.6 Å². The van der Waals surface area contributed by atoms with E-state index in [0.29, 0.717) is 18.9 Å². The number of carbonyl (C=O) groups excluding carboxylic acids is 1. The normalized spacial score (nSPS) is 15.6. The number of morpholine rings is 1. The number of nitrogens with zero attached hydrogens (tertiary/aromatic N) is 3. The Morgan fingerprint density at radius 3 is 2.59 bits per heavy atom. The fraction of sp³-hybridized carbons (Fsp3) is 0.312. The molecule has 0 spiro atoms. The lowest BCUT2D eigenvalue weighted by atomic mass is 10.0. The standard InChI is InChI=1S/C16H18N4O2/c1-11-12-4-2-3-5-13(12)15(20-6-8-22-9-7-20)10-14(11)18-19-16(17)21/h2-5,10H,6-9H2,1H3,(H2,17,21)/b19-18+. The summed E-state index contributed by atoms with van der Waals surface area (Å²) >= 11 is 0. The summed E-state index contributed by atoms with van der Waals surface area (Å²) in [7, 11) is 0. The molecular weight excluding hydrogens is 280 g/mol. The van der Waals surface area contributed by atoms with E-state index in [1.807, 2.05) is 25.1 Å². The molecular formula is C16H18N4O2. The molecule has 6 heteroatoms. The maximum Gasteiger partial charge on any atom is 0.356 e. The highest BCUT2D eigenvalue weighted by Crippen LogP contribution is 2.36. The third kappa shape index (κ3) is 2.78. The van der Waals surface area contributed by atoms with Crippen LogP contribution in [0.2, 0.25) is 0 Å². The largest absolute Gasteiger partial charge is 0.378 e. The van der Waals surface area contributed by atoms with Gasteiger partial charge in [-0.25, -0.2) is 4.79 Å². The summed E-state index contributed by atoms with van der Waals surface area (Å²) < 4.78 is 5.42.